The molecule has 0 aliphatic heterocycles. The summed E-state index contributed by atoms with van der Waals surface area (Å²) in [4.78, 5) is 12.2. The van der Waals surface area contributed by atoms with Crippen molar-refractivity contribution in [3.63, 3.8) is 0 Å². The van der Waals surface area contributed by atoms with Crippen molar-refractivity contribution in [2.75, 3.05) is 13.2 Å². The average molecular weight is 340 g/mol. The fraction of sp³-hybridized carbons (Fsp3) is 0.409. The first-order valence-corrected chi connectivity index (χ1v) is 9.12. The van der Waals surface area contributed by atoms with Crippen LogP contribution in [0.15, 0.2) is 48.5 Å². The third kappa shape index (κ3) is 6.02. The second-order valence-corrected chi connectivity index (χ2v) is 6.32. The number of hydrogen-bond acceptors (Lipinski definition) is 3. The smallest absolute Gasteiger partial charge is 0.338 e. The lowest BCUT2D eigenvalue weighted by Crippen LogP contribution is -2.20. The Morgan fingerprint density at radius 3 is 2.08 bits per heavy atom. The topological polar surface area (TPSA) is 35.5 Å². The Bertz CT molecular complexity index is 644. The maximum absolute atomic E-state index is 12.2. The molecule has 1 unspecified atom stereocenters. The second-order valence-electron chi connectivity index (χ2n) is 6.32. The summed E-state index contributed by atoms with van der Waals surface area (Å²) in [5.41, 5.74) is 4.17. The van der Waals surface area contributed by atoms with E-state index in [1.54, 1.807) is 0 Å². The maximum atomic E-state index is 12.2. The zero-order valence-corrected chi connectivity index (χ0v) is 15.5. The predicted molar refractivity (Wildman–Crippen MR) is 102 cm³/mol. The minimum atomic E-state index is -0.308. The first-order valence-electron chi connectivity index (χ1n) is 9.12. The predicted octanol–water partition coefficient (Wildman–Crippen LogP) is 5.28. The quantitative estimate of drug-likeness (QED) is 0.460. The molecule has 0 amide bonds. The third-order valence-corrected chi connectivity index (χ3v) is 3.96. The first kappa shape index (κ1) is 19.2. The van der Waals surface area contributed by atoms with Gasteiger partial charge in [-0.2, -0.15) is 0 Å². The number of esters is 1. The van der Waals surface area contributed by atoms with Gasteiger partial charge in [-0.1, -0.05) is 56.7 Å². The van der Waals surface area contributed by atoms with Crippen LogP contribution < -0.4 is 0 Å². The zero-order chi connectivity index (χ0) is 18.1. The van der Waals surface area contributed by atoms with E-state index in [0.717, 1.165) is 30.4 Å². The number of aryl methyl sites for hydroxylation is 1. The summed E-state index contributed by atoms with van der Waals surface area (Å²) in [5, 5.41) is 0. The standard InChI is InChI=1S/C22H28O3/c1-4-6-18-7-9-19(10-8-18)20-11-13-21(14-12-20)22(23)25-17(3)16-24-15-5-2/h7-14,17H,4-6,15-16H2,1-3H3. The van der Waals surface area contributed by atoms with Crippen molar-refractivity contribution in [3.05, 3.63) is 59.7 Å². The molecule has 0 saturated heterocycles. The van der Waals surface area contributed by atoms with Crippen molar-refractivity contribution < 1.29 is 14.3 Å². The summed E-state index contributed by atoms with van der Waals surface area (Å²) < 4.78 is 10.8. The van der Waals surface area contributed by atoms with Gasteiger partial charge in [-0.05, 0) is 48.6 Å². The van der Waals surface area contributed by atoms with Crippen LogP contribution in [0.2, 0.25) is 0 Å². The second kappa shape index (κ2) is 10.00. The largest absolute Gasteiger partial charge is 0.457 e. The van der Waals surface area contributed by atoms with Crippen LogP contribution in [0, 0.1) is 0 Å². The van der Waals surface area contributed by atoms with Gasteiger partial charge in [-0.15, -0.1) is 0 Å². The molecule has 0 fully saturated rings. The van der Waals surface area contributed by atoms with Crippen LogP contribution >= 0.6 is 0 Å². The van der Waals surface area contributed by atoms with Gasteiger partial charge in [-0.25, -0.2) is 4.79 Å². The molecule has 3 heteroatoms. The molecule has 0 radical (unpaired) electrons. The van der Waals surface area contributed by atoms with Gasteiger partial charge in [0.15, 0.2) is 0 Å². The molecule has 0 aliphatic carbocycles. The van der Waals surface area contributed by atoms with Crippen molar-refractivity contribution in [3.8, 4) is 11.1 Å². The molecule has 2 aromatic rings. The van der Waals surface area contributed by atoms with Crippen LogP contribution in [0.25, 0.3) is 11.1 Å². The van der Waals surface area contributed by atoms with Gasteiger partial charge in [0.2, 0.25) is 0 Å². The maximum Gasteiger partial charge on any atom is 0.338 e. The van der Waals surface area contributed by atoms with E-state index < -0.39 is 0 Å². The minimum Gasteiger partial charge on any atom is -0.457 e. The minimum absolute atomic E-state index is 0.246. The molecular weight excluding hydrogens is 312 g/mol. The van der Waals surface area contributed by atoms with Gasteiger partial charge in [-0.3, -0.25) is 0 Å². The molecule has 0 N–H and O–H groups in total. The number of carbonyl (C=O) groups is 1. The Labute approximate surface area is 151 Å². The monoisotopic (exact) mass is 340 g/mol. The summed E-state index contributed by atoms with van der Waals surface area (Å²) in [6.45, 7) is 7.20. The van der Waals surface area contributed by atoms with E-state index in [9.17, 15) is 4.79 Å². The molecule has 3 nitrogen and oxygen atoms in total. The summed E-state index contributed by atoms with van der Waals surface area (Å²) in [6.07, 6.45) is 2.97. The van der Waals surface area contributed by atoms with E-state index in [2.05, 4.69) is 38.1 Å². The molecule has 134 valence electrons. The van der Waals surface area contributed by atoms with Crippen LogP contribution in [-0.2, 0) is 15.9 Å². The number of benzene rings is 2. The SMILES string of the molecule is CCCOCC(C)OC(=O)c1ccc(-c2ccc(CCC)cc2)cc1. The normalized spacial score (nSPS) is 12.0. The summed E-state index contributed by atoms with van der Waals surface area (Å²) >= 11 is 0. The lowest BCUT2D eigenvalue weighted by Gasteiger charge is -2.13. The Hall–Kier alpha value is -2.13. The molecule has 25 heavy (non-hydrogen) atoms. The van der Waals surface area contributed by atoms with Crippen molar-refractivity contribution in [2.45, 2.75) is 46.1 Å². The van der Waals surface area contributed by atoms with E-state index in [1.165, 1.54) is 5.56 Å². The van der Waals surface area contributed by atoms with Crippen LogP contribution in [0.5, 0.6) is 0 Å². The molecule has 0 heterocycles. The van der Waals surface area contributed by atoms with E-state index >= 15 is 0 Å². The average Bonchev–Trinajstić information content (AvgIpc) is 2.63. The van der Waals surface area contributed by atoms with Crippen molar-refractivity contribution >= 4 is 5.97 Å². The van der Waals surface area contributed by atoms with Crippen molar-refractivity contribution in [1.82, 2.24) is 0 Å². The summed E-state index contributed by atoms with van der Waals surface area (Å²) in [7, 11) is 0. The summed E-state index contributed by atoms with van der Waals surface area (Å²) in [5.74, 6) is -0.308. The molecule has 0 spiro atoms. The summed E-state index contributed by atoms with van der Waals surface area (Å²) in [6, 6.07) is 16.1. The molecule has 2 aromatic carbocycles. The molecule has 2 rings (SSSR count). The number of ether oxygens (including phenoxy) is 2. The van der Waals surface area contributed by atoms with E-state index in [0.29, 0.717) is 18.8 Å². The van der Waals surface area contributed by atoms with Crippen molar-refractivity contribution in [1.29, 1.82) is 0 Å². The fourth-order valence-corrected chi connectivity index (χ4v) is 2.63. The number of carbonyl (C=O) groups excluding carboxylic acids is 1. The van der Waals surface area contributed by atoms with Gasteiger partial charge in [0.25, 0.3) is 0 Å². The first-order chi connectivity index (χ1) is 12.1. The highest BCUT2D eigenvalue weighted by molar-refractivity contribution is 5.90. The van der Waals surface area contributed by atoms with E-state index in [1.807, 2.05) is 31.2 Å². The van der Waals surface area contributed by atoms with Gasteiger partial charge in [0.05, 0.1) is 12.2 Å². The Kier molecular flexibility index (Phi) is 7.68. The lowest BCUT2D eigenvalue weighted by atomic mass is 10.0. The highest BCUT2D eigenvalue weighted by atomic mass is 16.6. The highest BCUT2D eigenvalue weighted by Crippen LogP contribution is 2.21. The molecule has 0 aromatic heterocycles. The Balaban J connectivity index is 1.95. The van der Waals surface area contributed by atoms with E-state index in [-0.39, 0.29) is 12.1 Å². The van der Waals surface area contributed by atoms with Crippen molar-refractivity contribution in [2.24, 2.45) is 0 Å². The molecule has 0 saturated carbocycles. The van der Waals surface area contributed by atoms with Crippen LogP contribution in [-0.4, -0.2) is 25.3 Å². The number of hydrogen-bond donors (Lipinski definition) is 0. The van der Waals surface area contributed by atoms with E-state index in [4.69, 9.17) is 9.47 Å². The Morgan fingerprint density at radius 2 is 1.52 bits per heavy atom. The van der Waals surface area contributed by atoms with Gasteiger partial charge in [0.1, 0.15) is 6.10 Å². The third-order valence-electron chi connectivity index (χ3n) is 3.96. The van der Waals surface area contributed by atoms with Gasteiger partial charge < -0.3 is 9.47 Å². The lowest BCUT2D eigenvalue weighted by molar-refractivity contribution is 0.00226. The molecule has 1 atom stereocenters. The zero-order valence-electron chi connectivity index (χ0n) is 15.5. The fourth-order valence-electron chi connectivity index (χ4n) is 2.63. The molecule has 0 bridgehead atoms. The van der Waals surface area contributed by atoms with Gasteiger partial charge >= 0.3 is 5.97 Å². The highest BCUT2D eigenvalue weighted by Gasteiger charge is 2.12. The molecule has 0 aliphatic rings. The van der Waals surface area contributed by atoms with Crippen LogP contribution in [0.4, 0.5) is 0 Å². The van der Waals surface area contributed by atoms with Crippen LogP contribution in [0.1, 0.15) is 49.5 Å². The Morgan fingerprint density at radius 1 is 0.920 bits per heavy atom. The number of rotatable bonds is 9. The molecular formula is C22H28O3. The van der Waals surface area contributed by atoms with Crippen LogP contribution in [0.3, 0.4) is 0 Å². The van der Waals surface area contributed by atoms with Gasteiger partial charge in [0, 0.05) is 6.61 Å².